The van der Waals surface area contributed by atoms with Gasteiger partial charge < -0.3 is 24.5 Å². The lowest BCUT2D eigenvalue weighted by Crippen LogP contribution is -2.34. The number of thiocarbonyl (C=S) groups is 1. The molecule has 4 rings (SSSR count). The fourth-order valence-corrected chi connectivity index (χ4v) is 3.47. The van der Waals surface area contributed by atoms with Gasteiger partial charge in [0, 0.05) is 16.8 Å². The number of para-hydroxylation sites is 1. The molecule has 37 heavy (non-hydrogen) atoms. The first-order valence-electron chi connectivity index (χ1n) is 11.5. The van der Waals surface area contributed by atoms with Crippen LogP contribution in [-0.2, 0) is 6.54 Å². The smallest absolute Gasteiger partial charge is 0.257 e. The van der Waals surface area contributed by atoms with Crippen molar-refractivity contribution in [1.29, 1.82) is 0 Å². The van der Waals surface area contributed by atoms with Gasteiger partial charge in [-0.15, -0.1) is 0 Å². The van der Waals surface area contributed by atoms with Crippen molar-refractivity contribution in [2.75, 3.05) is 18.5 Å². The third-order valence-corrected chi connectivity index (χ3v) is 5.32. The minimum absolute atomic E-state index is 0.137. The molecule has 0 bridgehead atoms. The van der Waals surface area contributed by atoms with E-state index in [9.17, 15) is 9.59 Å². The summed E-state index contributed by atoms with van der Waals surface area (Å²) in [5.41, 5.74) is 1.55. The van der Waals surface area contributed by atoms with E-state index in [4.69, 9.17) is 26.1 Å². The van der Waals surface area contributed by atoms with Crippen LogP contribution in [-0.4, -0.2) is 30.1 Å². The van der Waals surface area contributed by atoms with Crippen LogP contribution in [0.2, 0.25) is 0 Å². The Balaban J connectivity index is 1.19. The second-order valence-electron chi connectivity index (χ2n) is 7.78. The minimum Gasteiger partial charge on any atom is -0.490 e. The van der Waals surface area contributed by atoms with Crippen LogP contribution in [0, 0.1) is 0 Å². The molecule has 0 unspecified atom stereocenters. The van der Waals surface area contributed by atoms with Gasteiger partial charge in [-0.1, -0.05) is 18.2 Å². The molecule has 4 aromatic rings. The van der Waals surface area contributed by atoms with Crippen LogP contribution in [0.4, 0.5) is 5.69 Å². The van der Waals surface area contributed by atoms with E-state index in [1.165, 1.54) is 0 Å². The molecule has 1 heterocycles. The van der Waals surface area contributed by atoms with Gasteiger partial charge in [0.05, 0.1) is 12.8 Å². The number of amides is 2. The summed E-state index contributed by atoms with van der Waals surface area (Å²) in [5.74, 6) is 1.50. The fraction of sp³-hybridized carbons (Fsp3) is 0.107. The Kier molecular flexibility index (Phi) is 8.87. The van der Waals surface area contributed by atoms with Crippen molar-refractivity contribution >= 4 is 34.8 Å². The summed E-state index contributed by atoms with van der Waals surface area (Å²) in [4.78, 5) is 24.8. The lowest BCUT2D eigenvalue weighted by Gasteiger charge is -2.11. The number of furan rings is 1. The molecule has 3 N–H and O–H groups in total. The lowest BCUT2D eigenvalue weighted by atomic mass is 10.2. The number of carbonyl (C=O) groups excluding carboxylic acids is 2. The maximum Gasteiger partial charge on any atom is 0.257 e. The Morgan fingerprint density at radius 1 is 0.730 bits per heavy atom. The average Bonchev–Trinajstić information content (AvgIpc) is 3.45. The van der Waals surface area contributed by atoms with Gasteiger partial charge in [0.1, 0.15) is 30.5 Å². The summed E-state index contributed by atoms with van der Waals surface area (Å²) in [6, 6.07) is 26.5. The van der Waals surface area contributed by atoms with E-state index in [0.717, 1.165) is 5.75 Å². The Hall–Kier alpha value is -4.63. The van der Waals surface area contributed by atoms with Crippen LogP contribution >= 0.6 is 12.2 Å². The molecule has 0 saturated carbocycles. The number of carbonyl (C=O) groups is 2. The topological polar surface area (TPSA) is 102 Å². The first-order valence-corrected chi connectivity index (χ1v) is 11.9. The molecule has 0 spiro atoms. The summed E-state index contributed by atoms with van der Waals surface area (Å²) in [6.07, 6.45) is 1.55. The highest BCUT2D eigenvalue weighted by atomic mass is 32.1. The van der Waals surface area contributed by atoms with E-state index in [1.807, 2.05) is 30.3 Å². The summed E-state index contributed by atoms with van der Waals surface area (Å²) in [5, 5.41) is 8.49. The van der Waals surface area contributed by atoms with E-state index in [1.54, 1.807) is 66.9 Å². The molecule has 9 heteroatoms. The minimum atomic E-state index is -0.356. The number of hydrogen-bond acceptors (Lipinski definition) is 6. The first-order chi connectivity index (χ1) is 18.1. The molecule has 0 saturated heterocycles. The predicted molar refractivity (Wildman–Crippen MR) is 144 cm³/mol. The van der Waals surface area contributed by atoms with Gasteiger partial charge in [0.25, 0.3) is 11.8 Å². The van der Waals surface area contributed by atoms with Gasteiger partial charge >= 0.3 is 0 Å². The van der Waals surface area contributed by atoms with Gasteiger partial charge in [-0.25, -0.2) is 0 Å². The molecule has 0 aliphatic heterocycles. The van der Waals surface area contributed by atoms with Gasteiger partial charge in [-0.3, -0.25) is 14.9 Å². The van der Waals surface area contributed by atoms with E-state index >= 15 is 0 Å². The molecule has 0 fully saturated rings. The van der Waals surface area contributed by atoms with Gasteiger partial charge in [-0.05, 0) is 85.0 Å². The van der Waals surface area contributed by atoms with E-state index in [0.29, 0.717) is 48.1 Å². The van der Waals surface area contributed by atoms with Crippen LogP contribution in [0.15, 0.2) is 102 Å². The molecule has 188 valence electrons. The van der Waals surface area contributed by atoms with Crippen molar-refractivity contribution in [3.63, 3.8) is 0 Å². The number of ether oxygens (including phenoxy) is 2. The molecular weight excluding hydrogens is 490 g/mol. The number of benzene rings is 3. The predicted octanol–water partition coefficient (Wildman–Crippen LogP) is 4.79. The highest BCUT2D eigenvalue weighted by Gasteiger charge is 2.10. The molecule has 3 aromatic carbocycles. The normalized spacial score (nSPS) is 10.3. The Morgan fingerprint density at radius 3 is 2.00 bits per heavy atom. The van der Waals surface area contributed by atoms with Crippen molar-refractivity contribution in [2.24, 2.45) is 0 Å². The summed E-state index contributed by atoms with van der Waals surface area (Å²) < 4.78 is 16.4. The van der Waals surface area contributed by atoms with Crippen LogP contribution in [0.25, 0.3) is 0 Å². The molecule has 0 aliphatic rings. The largest absolute Gasteiger partial charge is 0.490 e. The maximum atomic E-state index is 12.5. The summed E-state index contributed by atoms with van der Waals surface area (Å²) in [7, 11) is 0. The van der Waals surface area contributed by atoms with Crippen molar-refractivity contribution in [1.82, 2.24) is 10.6 Å². The number of rotatable bonds is 10. The van der Waals surface area contributed by atoms with Gasteiger partial charge in [0.15, 0.2) is 5.11 Å². The van der Waals surface area contributed by atoms with Crippen molar-refractivity contribution in [2.45, 2.75) is 6.54 Å². The molecule has 2 amide bonds. The van der Waals surface area contributed by atoms with Crippen LogP contribution < -0.4 is 25.4 Å². The molecule has 0 radical (unpaired) electrons. The molecular formula is C28H25N3O5S. The fourth-order valence-electron chi connectivity index (χ4n) is 3.26. The number of hydrogen-bond donors (Lipinski definition) is 3. The standard InChI is InChI=1S/C28H25N3O5S/c32-26(29-19-25-7-4-16-34-25)20-8-12-22(13-9-20)30-28(37)31-27(33)21-10-14-24(15-11-21)36-18-17-35-23-5-2-1-3-6-23/h1-16H,17-19H2,(H,29,32)(H2,30,31,33,37). The monoisotopic (exact) mass is 515 g/mol. The second-order valence-corrected chi connectivity index (χ2v) is 8.19. The van der Waals surface area contributed by atoms with Crippen molar-refractivity contribution in [3.05, 3.63) is 114 Å². The number of anilines is 1. The zero-order valence-electron chi connectivity index (χ0n) is 19.8. The van der Waals surface area contributed by atoms with E-state index < -0.39 is 0 Å². The highest BCUT2D eigenvalue weighted by Crippen LogP contribution is 2.14. The quantitative estimate of drug-likeness (QED) is 0.206. The maximum absolute atomic E-state index is 12.5. The first kappa shape index (κ1) is 25.5. The van der Waals surface area contributed by atoms with Crippen molar-refractivity contribution in [3.8, 4) is 11.5 Å². The number of nitrogens with one attached hydrogen (secondary N) is 3. The van der Waals surface area contributed by atoms with Crippen LogP contribution in [0.5, 0.6) is 11.5 Å². The average molecular weight is 516 g/mol. The third kappa shape index (κ3) is 7.94. The Bertz CT molecular complexity index is 1310. The van der Waals surface area contributed by atoms with Crippen LogP contribution in [0.3, 0.4) is 0 Å². The third-order valence-electron chi connectivity index (χ3n) is 5.12. The van der Waals surface area contributed by atoms with E-state index in [-0.39, 0.29) is 16.9 Å². The highest BCUT2D eigenvalue weighted by molar-refractivity contribution is 7.80. The van der Waals surface area contributed by atoms with Gasteiger partial charge in [-0.2, -0.15) is 0 Å². The zero-order valence-corrected chi connectivity index (χ0v) is 20.6. The Morgan fingerprint density at radius 2 is 1.35 bits per heavy atom. The lowest BCUT2D eigenvalue weighted by molar-refractivity contribution is 0.0946. The summed E-state index contributed by atoms with van der Waals surface area (Å²) in [6.45, 7) is 1.08. The van der Waals surface area contributed by atoms with E-state index in [2.05, 4.69) is 16.0 Å². The van der Waals surface area contributed by atoms with Gasteiger partial charge in [0.2, 0.25) is 0 Å². The van der Waals surface area contributed by atoms with Crippen LogP contribution in [0.1, 0.15) is 26.5 Å². The Labute approximate surface area is 219 Å². The summed E-state index contributed by atoms with van der Waals surface area (Å²) >= 11 is 5.25. The zero-order chi connectivity index (χ0) is 25.9. The SMILES string of the molecule is O=C(NCc1ccco1)c1ccc(NC(=S)NC(=O)c2ccc(OCCOc3ccccc3)cc2)cc1. The second kappa shape index (κ2) is 12.9. The molecule has 1 aromatic heterocycles. The molecule has 0 aliphatic carbocycles. The molecule has 8 nitrogen and oxygen atoms in total. The molecule has 0 atom stereocenters. The van der Waals surface area contributed by atoms with Crippen molar-refractivity contribution < 1.29 is 23.5 Å².